The van der Waals surface area contributed by atoms with Crippen LogP contribution in [0.2, 0.25) is 5.02 Å². The molecular weight excluding hydrogens is 398 g/mol. The van der Waals surface area contributed by atoms with E-state index in [-0.39, 0.29) is 11.5 Å². The molecule has 2 aromatic rings. The van der Waals surface area contributed by atoms with Crippen LogP contribution in [-0.4, -0.2) is 35.0 Å². The molecular formula is C20H26ClN3O3S. The Balaban J connectivity index is 2.00. The number of hydrogen-bond donors (Lipinski definition) is 2. The van der Waals surface area contributed by atoms with Crippen LogP contribution in [0.1, 0.15) is 48.8 Å². The maximum atomic E-state index is 12.9. The number of aliphatic hydroxyl groups excluding tert-OH is 1. The van der Waals surface area contributed by atoms with Crippen LogP contribution in [0.15, 0.2) is 29.4 Å². The van der Waals surface area contributed by atoms with Crippen molar-refractivity contribution in [1.29, 1.82) is 0 Å². The Morgan fingerprint density at radius 3 is 2.79 bits per heavy atom. The first-order valence-electron chi connectivity index (χ1n) is 9.25. The first-order chi connectivity index (χ1) is 13.2. The molecule has 1 aromatic carbocycles. The van der Waals surface area contributed by atoms with E-state index in [1.165, 1.54) is 18.4 Å². The van der Waals surface area contributed by atoms with Gasteiger partial charge in [-0.1, -0.05) is 32.4 Å². The minimum atomic E-state index is -0.468. The molecule has 0 spiro atoms. The molecule has 0 unspecified atom stereocenters. The second kappa shape index (κ2) is 8.37. The van der Waals surface area contributed by atoms with E-state index in [0.717, 1.165) is 17.7 Å². The summed E-state index contributed by atoms with van der Waals surface area (Å²) in [6.07, 6.45) is 3.19. The fraction of sp³-hybridized carbons (Fsp3) is 0.500. The number of carbonyl (C=O) groups excluding carboxylic acids is 1. The predicted molar refractivity (Wildman–Crippen MR) is 111 cm³/mol. The van der Waals surface area contributed by atoms with Gasteiger partial charge in [0.05, 0.1) is 12.7 Å². The lowest BCUT2D eigenvalue weighted by Gasteiger charge is -2.15. The second-order valence-corrected chi connectivity index (χ2v) is 9.44. The third-order valence-corrected chi connectivity index (χ3v) is 6.36. The van der Waals surface area contributed by atoms with Gasteiger partial charge in [-0.05, 0) is 36.5 Å². The molecule has 152 valence electrons. The summed E-state index contributed by atoms with van der Waals surface area (Å²) in [6.45, 7) is 7.04. The number of rotatable bonds is 4. The molecule has 1 amide bonds. The van der Waals surface area contributed by atoms with Gasteiger partial charge in [0.25, 0.3) is 5.91 Å². The Morgan fingerprint density at radius 2 is 2.18 bits per heavy atom. The first-order valence-corrected chi connectivity index (χ1v) is 10.4. The van der Waals surface area contributed by atoms with Crippen molar-refractivity contribution in [3.63, 3.8) is 0 Å². The standard InChI is InChI=1S/C20H26ClN3O3S/c1-20(2,3)16-11-24(10-13-6-8-17(25)22-13)19(28-16)23-18(26)14-9-12(21)5-7-15(14)27-4/h5,7,9,11,13,17,22,25H,6,8,10H2,1-4H3/t13-,17-/m1/s1. The summed E-state index contributed by atoms with van der Waals surface area (Å²) in [5.74, 6) is 0.0488. The number of amides is 1. The van der Waals surface area contributed by atoms with E-state index in [2.05, 4.69) is 37.3 Å². The molecule has 28 heavy (non-hydrogen) atoms. The molecule has 2 N–H and O–H groups in total. The van der Waals surface area contributed by atoms with Gasteiger partial charge >= 0.3 is 0 Å². The summed E-state index contributed by atoms with van der Waals surface area (Å²) >= 11 is 7.56. The van der Waals surface area contributed by atoms with Gasteiger partial charge in [0, 0.05) is 28.7 Å². The molecule has 2 atom stereocenters. The lowest BCUT2D eigenvalue weighted by Crippen LogP contribution is -2.34. The van der Waals surface area contributed by atoms with Crippen molar-refractivity contribution < 1.29 is 14.6 Å². The number of halogens is 1. The number of methoxy groups -OCH3 is 1. The van der Waals surface area contributed by atoms with Crippen LogP contribution in [-0.2, 0) is 12.0 Å². The van der Waals surface area contributed by atoms with Crippen molar-refractivity contribution in [3.8, 4) is 5.75 Å². The normalized spacial score (nSPS) is 20.6. The van der Waals surface area contributed by atoms with Crippen molar-refractivity contribution in [2.75, 3.05) is 7.11 Å². The van der Waals surface area contributed by atoms with Gasteiger partial charge in [0.1, 0.15) is 12.0 Å². The average molecular weight is 424 g/mol. The predicted octanol–water partition coefficient (Wildman–Crippen LogP) is 3.32. The molecule has 2 heterocycles. The Kier molecular flexibility index (Phi) is 6.29. The zero-order valence-corrected chi connectivity index (χ0v) is 18.1. The number of aromatic nitrogens is 1. The smallest absolute Gasteiger partial charge is 0.283 e. The third kappa shape index (κ3) is 4.84. The van der Waals surface area contributed by atoms with Gasteiger partial charge in [-0.3, -0.25) is 10.1 Å². The number of hydrogen-bond acceptors (Lipinski definition) is 5. The van der Waals surface area contributed by atoms with Crippen molar-refractivity contribution >= 4 is 28.8 Å². The third-order valence-electron chi connectivity index (χ3n) is 4.68. The largest absolute Gasteiger partial charge is 0.496 e. The van der Waals surface area contributed by atoms with Crippen LogP contribution in [0.25, 0.3) is 0 Å². The lowest BCUT2D eigenvalue weighted by atomic mass is 9.95. The van der Waals surface area contributed by atoms with Crippen LogP contribution >= 0.6 is 22.9 Å². The molecule has 6 nitrogen and oxygen atoms in total. The maximum absolute atomic E-state index is 12.9. The number of ether oxygens (including phenoxy) is 1. The van der Waals surface area contributed by atoms with E-state index in [1.807, 2.05) is 4.57 Å². The molecule has 0 saturated carbocycles. The SMILES string of the molecule is COc1ccc(Cl)cc1C(=O)N=c1sc(C(C)(C)C)cn1C[C@H]1CC[C@@H](O)N1. The van der Waals surface area contributed by atoms with Gasteiger partial charge in [-0.2, -0.15) is 4.99 Å². The van der Waals surface area contributed by atoms with Crippen LogP contribution in [0.3, 0.4) is 0 Å². The topological polar surface area (TPSA) is 75.8 Å². The molecule has 1 saturated heterocycles. The van der Waals surface area contributed by atoms with Gasteiger partial charge in [-0.25, -0.2) is 0 Å². The number of thiazole rings is 1. The molecule has 8 heteroatoms. The molecule has 0 bridgehead atoms. The number of benzene rings is 1. The number of nitrogens with zero attached hydrogens (tertiary/aromatic N) is 2. The highest BCUT2D eigenvalue weighted by Gasteiger charge is 2.24. The fourth-order valence-electron chi connectivity index (χ4n) is 3.12. The second-order valence-electron chi connectivity index (χ2n) is 8.00. The minimum absolute atomic E-state index is 0.0560. The summed E-state index contributed by atoms with van der Waals surface area (Å²) in [4.78, 5) is 19.0. The Labute approximate surface area is 173 Å². The minimum Gasteiger partial charge on any atom is -0.496 e. The van der Waals surface area contributed by atoms with E-state index >= 15 is 0 Å². The molecule has 1 aliphatic rings. The molecule has 0 radical (unpaired) electrons. The Bertz CT molecular complexity index is 930. The Morgan fingerprint density at radius 1 is 1.43 bits per heavy atom. The van der Waals surface area contributed by atoms with Gasteiger partial charge in [0.15, 0.2) is 4.80 Å². The monoisotopic (exact) mass is 423 g/mol. The van der Waals surface area contributed by atoms with Crippen LogP contribution in [0.4, 0.5) is 0 Å². The molecule has 1 fully saturated rings. The van der Waals surface area contributed by atoms with Gasteiger partial charge in [-0.15, -0.1) is 11.3 Å². The van der Waals surface area contributed by atoms with Crippen LogP contribution in [0, 0.1) is 0 Å². The Hall–Kier alpha value is -1.67. The number of nitrogens with one attached hydrogen (secondary N) is 1. The first kappa shape index (κ1) is 21.0. The number of aliphatic hydroxyl groups is 1. The van der Waals surface area contributed by atoms with Crippen molar-refractivity contribution in [2.45, 2.75) is 57.8 Å². The molecule has 3 rings (SSSR count). The van der Waals surface area contributed by atoms with Crippen molar-refractivity contribution in [1.82, 2.24) is 9.88 Å². The van der Waals surface area contributed by atoms with E-state index in [4.69, 9.17) is 16.3 Å². The summed E-state index contributed by atoms with van der Waals surface area (Å²) in [5.41, 5.74) is 0.279. The molecule has 1 aliphatic heterocycles. The highest BCUT2D eigenvalue weighted by Crippen LogP contribution is 2.26. The summed E-state index contributed by atoms with van der Waals surface area (Å²) in [5, 5.41) is 13.4. The molecule has 1 aromatic heterocycles. The van der Waals surface area contributed by atoms with E-state index in [9.17, 15) is 9.90 Å². The number of carbonyl (C=O) groups is 1. The van der Waals surface area contributed by atoms with E-state index in [1.54, 1.807) is 18.2 Å². The summed E-state index contributed by atoms with van der Waals surface area (Å²) in [7, 11) is 1.51. The highest BCUT2D eigenvalue weighted by molar-refractivity contribution is 7.09. The van der Waals surface area contributed by atoms with Gasteiger partial charge < -0.3 is 14.4 Å². The van der Waals surface area contributed by atoms with Crippen molar-refractivity contribution in [3.05, 3.63) is 44.7 Å². The summed E-state index contributed by atoms with van der Waals surface area (Å²) in [6, 6.07) is 5.06. The maximum Gasteiger partial charge on any atom is 0.283 e. The summed E-state index contributed by atoms with van der Waals surface area (Å²) < 4.78 is 7.28. The zero-order chi connectivity index (χ0) is 20.5. The van der Waals surface area contributed by atoms with Crippen molar-refractivity contribution in [2.24, 2.45) is 4.99 Å². The van der Waals surface area contributed by atoms with Gasteiger partial charge in [0.2, 0.25) is 0 Å². The van der Waals surface area contributed by atoms with Crippen LogP contribution in [0.5, 0.6) is 5.75 Å². The zero-order valence-electron chi connectivity index (χ0n) is 16.5. The lowest BCUT2D eigenvalue weighted by molar-refractivity contribution is 0.0994. The van der Waals surface area contributed by atoms with E-state index < -0.39 is 12.1 Å². The average Bonchev–Trinajstić information content (AvgIpc) is 3.21. The quantitative estimate of drug-likeness (QED) is 0.790. The molecule has 0 aliphatic carbocycles. The fourth-order valence-corrected chi connectivity index (χ4v) is 4.35. The van der Waals surface area contributed by atoms with Crippen LogP contribution < -0.4 is 14.9 Å². The highest BCUT2D eigenvalue weighted by atomic mass is 35.5. The van der Waals surface area contributed by atoms with E-state index in [0.29, 0.717) is 27.7 Å².